The van der Waals surface area contributed by atoms with Gasteiger partial charge in [0.05, 0.1) is 11.5 Å². The van der Waals surface area contributed by atoms with Gasteiger partial charge in [0.25, 0.3) is 0 Å². The molecule has 2 aromatic carbocycles. The SMILES string of the molecule is CC1(C)C(/C=C(\Cl)C(F)(F)F)C1C(=O)OCc1c(F)ccc(-c2ccccc2)c1F. The van der Waals surface area contributed by atoms with Crippen LogP contribution in [0.3, 0.4) is 0 Å². The predicted octanol–water partition coefficient (Wildman–Crippen LogP) is 6.63. The molecule has 8 heteroatoms. The minimum Gasteiger partial charge on any atom is -0.460 e. The highest BCUT2D eigenvalue weighted by Crippen LogP contribution is 2.60. The zero-order valence-corrected chi connectivity index (χ0v) is 16.8. The van der Waals surface area contributed by atoms with E-state index in [1.807, 2.05) is 0 Å². The Morgan fingerprint density at radius 1 is 1.13 bits per heavy atom. The molecule has 30 heavy (non-hydrogen) atoms. The minimum atomic E-state index is -4.71. The number of carbonyl (C=O) groups is 1. The highest BCUT2D eigenvalue weighted by atomic mass is 35.5. The van der Waals surface area contributed by atoms with Gasteiger partial charge in [-0.3, -0.25) is 4.79 Å². The number of hydrogen-bond acceptors (Lipinski definition) is 2. The molecular formula is C22H18ClF5O2. The van der Waals surface area contributed by atoms with Crippen molar-refractivity contribution in [1.82, 2.24) is 0 Å². The molecule has 0 aromatic heterocycles. The fourth-order valence-electron chi connectivity index (χ4n) is 3.49. The summed E-state index contributed by atoms with van der Waals surface area (Å²) in [4.78, 5) is 12.4. The van der Waals surface area contributed by atoms with Crippen molar-refractivity contribution in [1.29, 1.82) is 0 Å². The first kappa shape index (κ1) is 22.3. The lowest BCUT2D eigenvalue weighted by atomic mass is 10.0. The molecule has 1 fully saturated rings. The molecule has 0 heterocycles. The number of rotatable bonds is 5. The van der Waals surface area contributed by atoms with Gasteiger partial charge in [-0.2, -0.15) is 13.2 Å². The van der Waals surface area contributed by atoms with Crippen LogP contribution in [0.1, 0.15) is 19.4 Å². The first-order chi connectivity index (χ1) is 13.9. The lowest BCUT2D eigenvalue weighted by molar-refractivity contribution is -0.147. The second kappa shape index (κ2) is 8.02. The van der Waals surface area contributed by atoms with Gasteiger partial charge < -0.3 is 4.74 Å². The summed E-state index contributed by atoms with van der Waals surface area (Å²) in [6, 6.07) is 10.8. The third kappa shape index (κ3) is 4.36. The van der Waals surface area contributed by atoms with Crippen molar-refractivity contribution < 1.29 is 31.5 Å². The molecule has 2 unspecified atom stereocenters. The average Bonchev–Trinajstić information content (AvgIpc) is 3.21. The van der Waals surface area contributed by atoms with Crippen LogP contribution in [0.5, 0.6) is 0 Å². The maximum Gasteiger partial charge on any atom is 0.426 e. The van der Waals surface area contributed by atoms with Crippen molar-refractivity contribution in [3.05, 3.63) is 70.8 Å². The van der Waals surface area contributed by atoms with E-state index >= 15 is 0 Å². The number of carbonyl (C=O) groups excluding carboxylic acids is 1. The quantitative estimate of drug-likeness (QED) is 0.382. The zero-order valence-electron chi connectivity index (χ0n) is 16.1. The van der Waals surface area contributed by atoms with Gasteiger partial charge in [0.1, 0.15) is 23.3 Å². The number of ether oxygens (including phenoxy) is 1. The molecule has 0 bridgehead atoms. The van der Waals surface area contributed by atoms with E-state index in [2.05, 4.69) is 0 Å². The normalized spacial score (nSPS) is 20.7. The average molecular weight is 445 g/mol. The first-order valence-electron chi connectivity index (χ1n) is 9.08. The molecule has 0 N–H and O–H groups in total. The Kier molecular flexibility index (Phi) is 5.96. The van der Waals surface area contributed by atoms with Crippen molar-refractivity contribution in [3.8, 4) is 11.1 Å². The van der Waals surface area contributed by atoms with E-state index in [0.29, 0.717) is 5.56 Å². The predicted molar refractivity (Wildman–Crippen MR) is 102 cm³/mol. The van der Waals surface area contributed by atoms with E-state index in [1.54, 1.807) is 44.2 Å². The van der Waals surface area contributed by atoms with Crippen LogP contribution in [-0.2, 0) is 16.1 Å². The van der Waals surface area contributed by atoms with Crippen LogP contribution in [0.2, 0.25) is 0 Å². The smallest absolute Gasteiger partial charge is 0.426 e. The number of benzene rings is 2. The van der Waals surface area contributed by atoms with E-state index in [1.165, 1.54) is 6.07 Å². The Bertz CT molecular complexity index is 983. The summed E-state index contributed by atoms with van der Waals surface area (Å²) >= 11 is 5.26. The van der Waals surface area contributed by atoms with Crippen LogP contribution in [-0.4, -0.2) is 12.1 Å². The molecule has 2 aromatic rings. The third-order valence-corrected chi connectivity index (χ3v) is 5.73. The monoisotopic (exact) mass is 444 g/mol. The first-order valence-corrected chi connectivity index (χ1v) is 9.46. The maximum absolute atomic E-state index is 14.8. The van der Waals surface area contributed by atoms with Gasteiger partial charge in [-0.15, -0.1) is 0 Å². The molecule has 0 saturated heterocycles. The molecular weight excluding hydrogens is 427 g/mol. The number of halogens is 6. The molecule has 1 aliphatic carbocycles. The van der Waals surface area contributed by atoms with Crippen molar-refractivity contribution in [2.75, 3.05) is 0 Å². The Morgan fingerprint density at radius 2 is 1.77 bits per heavy atom. The highest BCUT2D eigenvalue weighted by Gasteiger charge is 2.62. The van der Waals surface area contributed by atoms with Gasteiger partial charge in [-0.1, -0.05) is 61.9 Å². The highest BCUT2D eigenvalue weighted by molar-refractivity contribution is 6.30. The number of hydrogen-bond donors (Lipinski definition) is 0. The largest absolute Gasteiger partial charge is 0.460 e. The summed E-state index contributed by atoms with van der Waals surface area (Å²) in [5, 5.41) is -1.32. The second-order valence-electron chi connectivity index (χ2n) is 7.70. The second-order valence-corrected chi connectivity index (χ2v) is 8.11. The Morgan fingerprint density at radius 3 is 2.37 bits per heavy atom. The Balaban J connectivity index is 1.76. The molecule has 3 rings (SSSR count). The summed E-state index contributed by atoms with van der Waals surface area (Å²) in [7, 11) is 0. The van der Waals surface area contributed by atoms with Crippen LogP contribution < -0.4 is 0 Å². The number of esters is 1. The summed E-state index contributed by atoms with van der Waals surface area (Å²) in [5.41, 5.74) is -0.570. The van der Waals surface area contributed by atoms with Crippen LogP contribution in [0, 0.1) is 28.9 Å². The lowest BCUT2D eigenvalue weighted by Gasteiger charge is -2.11. The summed E-state index contributed by atoms with van der Waals surface area (Å²) in [5.74, 6) is -4.26. The lowest BCUT2D eigenvalue weighted by Crippen LogP contribution is -2.12. The standard InChI is InChI=1S/C22H18ClF5O2/c1-21(2)15(10-17(23)22(26,27)28)18(21)20(29)30-11-14-16(24)9-8-13(19(14)25)12-6-4-3-5-7-12/h3-10,15,18H,11H2,1-2H3/b17-10-. The number of allylic oxidation sites excluding steroid dienone is 2. The van der Waals surface area contributed by atoms with Gasteiger partial charge in [0, 0.05) is 5.56 Å². The minimum absolute atomic E-state index is 0.146. The van der Waals surface area contributed by atoms with Gasteiger partial charge in [0.15, 0.2) is 0 Å². The summed E-state index contributed by atoms with van der Waals surface area (Å²) < 4.78 is 72.0. The van der Waals surface area contributed by atoms with E-state index in [9.17, 15) is 26.7 Å². The molecule has 160 valence electrons. The van der Waals surface area contributed by atoms with Gasteiger partial charge >= 0.3 is 12.1 Å². The topological polar surface area (TPSA) is 26.3 Å². The van der Waals surface area contributed by atoms with Crippen molar-refractivity contribution in [2.45, 2.75) is 26.6 Å². The molecule has 2 nitrogen and oxygen atoms in total. The molecule has 1 saturated carbocycles. The summed E-state index contributed by atoms with van der Waals surface area (Å²) in [6.45, 7) is 2.52. The fraction of sp³-hybridized carbons (Fsp3) is 0.318. The maximum atomic E-state index is 14.8. The molecule has 0 radical (unpaired) electrons. The van der Waals surface area contributed by atoms with E-state index in [-0.39, 0.29) is 5.56 Å². The van der Waals surface area contributed by atoms with Crippen LogP contribution in [0.15, 0.2) is 53.6 Å². The molecule has 2 atom stereocenters. The van der Waals surface area contributed by atoms with E-state index < -0.39 is 58.2 Å². The number of alkyl halides is 3. The summed E-state index contributed by atoms with van der Waals surface area (Å²) in [6.07, 6.45) is -3.93. The van der Waals surface area contributed by atoms with Crippen LogP contribution in [0.25, 0.3) is 11.1 Å². The van der Waals surface area contributed by atoms with E-state index in [0.717, 1.165) is 12.1 Å². The zero-order chi connectivity index (χ0) is 22.3. The molecule has 0 amide bonds. The van der Waals surface area contributed by atoms with Gasteiger partial charge in [-0.05, 0) is 29.0 Å². The Hall–Kier alpha value is -2.41. The van der Waals surface area contributed by atoms with Gasteiger partial charge in [0.2, 0.25) is 0 Å². The molecule has 1 aliphatic rings. The molecule has 0 aliphatic heterocycles. The van der Waals surface area contributed by atoms with Crippen molar-refractivity contribution >= 4 is 17.6 Å². The van der Waals surface area contributed by atoms with Crippen LogP contribution in [0.4, 0.5) is 22.0 Å². The van der Waals surface area contributed by atoms with E-state index in [4.69, 9.17) is 16.3 Å². The van der Waals surface area contributed by atoms with Crippen molar-refractivity contribution in [2.24, 2.45) is 17.3 Å². The fourth-order valence-corrected chi connectivity index (χ4v) is 3.63. The van der Waals surface area contributed by atoms with Gasteiger partial charge in [-0.25, -0.2) is 8.78 Å². The van der Waals surface area contributed by atoms with Crippen LogP contribution >= 0.6 is 11.6 Å². The Labute approximate surface area is 175 Å². The van der Waals surface area contributed by atoms with Crippen molar-refractivity contribution in [3.63, 3.8) is 0 Å². The molecule has 0 spiro atoms. The third-order valence-electron chi connectivity index (χ3n) is 5.39.